The molecular weight excluding hydrogens is 2080 g/mol. The number of nitrogens with zero attached hydrogens (tertiary/aromatic N) is 4. The van der Waals surface area contributed by atoms with Crippen molar-refractivity contribution in [3.8, 4) is 50.8 Å². The Bertz CT molecular complexity index is 4980. The van der Waals surface area contributed by atoms with Crippen molar-refractivity contribution in [1.82, 2.24) is 19.9 Å². The maximum Gasteiger partial charge on any atom is 0.155 e. The monoisotopic (exact) mass is 2160 g/mol. The van der Waals surface area contributed by atoms with E-state index in [-0.39, 0.29) is 150 Å². The molecule has 4 heterocycles. The standard InChI is InChI=1S/2C17H13FN.C16H11FNO.C16H11FN.4C5H8O2.4Ir/c1-11-7-12(2)9-14(8-11)17-5-3-13-10-15(18)4-6-16(13)19-17;1-11-3-4-13(9-12(11)2)16-7-5-14-10-15(18)6-8-17(14)19-16;1-19-14-4-2-3-11(10-14)15-7-5-12-9-13(17)6-8-16(12)18-15;1-11-3-2-4-12(9-11)15-7-5-13-10-14(17)6-8-16(13)18-15;4*1-4(6)3-5(2)7;;;;/h3-8,10H,1-2H3;3,5-10H,1-2H3;2,4-10H,1H3;2-3,5-10H,1H3;4*3,6H,1-2H3;;;;/q4*-1;;;;;;;;. The normalized spacial score (nSPS) is 10.6. The molecule has 107 heavy (non-hydrogen) atoms. The molecule has 0 amide bonds. The Morgan fingerprint density at radius 2 is 0.664 bits per heavy atom. The molecule has 0 aliphatic rings. The molecular formula is C86H80F4Ir4N4O9-4. The molecule has 4 radical (unpaired) electrons. The number of halogens is 4. The predicted octanol–water partition coefficient (Wildman–Crippen LogP) is 21.1. The molecule has 0 fully saturated rings. The van der Waals surface area contributed by atoms with Gasteiger partial charge in [-0.1, -0.05) is 83.1 Å². The van der Waals surface area contributed by atoms with E-state index in [0.717, 1.165) is 100.0 Å². The topological polar surface area (TPSA) is 210 Å². The Kier molecular flexibility index (Phi) is 42.6. The van der Waals surface area contributed by atoms with Crippen molar-refractivity contribution in [2.45, 2.75) is 90.0 Å². The van der Waals surface area contributed by atoms with E-state index in [9.17, 15) is 36.7 Å². The molecule has 0 atom stereocenters. The first kappa shape index (κ1) is 95.4. The summed E-state index contributed by atoms with van der Waals surface area (Å²) in [5, 5.41) is 36.7. The van der Waals surface area contributed by atoms with Gasteiger partial charge in [-0.05, 0) is 151 Å². The van der Waals surface area contributed by atoms with Crippen LogP contribution in [0, 0.1) is 82.2 Å². The summed E-state index contributed by atoms with van der Waals surface area (Å²) in [6.45, 7) is 21.6. The van der Waals surface area contributed by atoms with Gasteiger partial charge in [-0.2, -0.15) is 0 Å². The third-order valence-corrected chi connectivity index (χ3v) is 13.9. The second-order valence-electron chi connectivity index (χ2n) is 23.6. The number of pyridine rings is 4. The van der Waals surface area contributed by atoms with Crippen molar-refractivity contribution >= 4 is 66.7 Å². The quantitative estimate of drug-likeness (QED) is 0.0459. The number of aromatic nitrogens is 4. The number of fused-ring (bicyclic) bond motifs is 4. The van der Waals surface area contributed by atoms with Crippen molar-refractivity contribution in [1.29, 1.82) is 0 Å². The van der Waals surface area contributed by atoms with Gasteiger partial charge in [0.2, 0.25) is 0 Å². The first-order valence-electron chi connectivity index (χ1n) is 32.1. The largest absolute Gasteiger partial charge is 0.516 e. The molecule has 0 saturated carbocycles. The van der Waals surface area contributed by atoms with Gasteiger partial charge >= 0.3 is 0 Å². The summed E-state index contributed by atoms with van der Waals surface area (Å²) < 4.78 is 57.6. The van der Waals surface area contributed by atoms with Gasteiger partial charge in [0.25, 0.3) is 0 Å². The van der Waals surface area contributed by atoms with Crippen LogP contribution < -0.4 is 4.74 Å². The van der Waals surface area contributed by atoms with Gasteiger partial charge in [0.15, 0.2) is 23.1 Å². The average Bonchev–Trinajstić information content (AvgIpc) is 0.834. The van der Waals surface area contributed by atoms with E-state index in [1.807, 2.05) is 98.8 Å². The minimum absolute atomic E-state index is 0. The number of ketones is 4. The molecule has 0 bridgehead atoms. The van der Waals surface area contributed by atoms with Gasteiger partial charge in [0, 0.05) is 132 Å². The van der Waals surface area contributed by atoms with Crippen LogP contribution in [0.2, 0.25) is 0 Å². The van der Waals surface area contributed by atoms with Gasteiger partial charge in [0.1, 0.15) is 23.3 Å². The molecule has 0 unspecified atom stereocenters. The SMILES string of the molecule is CC(=O)C=C(C)O.CC(=O)C=C(C)O.CC(=O)C=C(C)O.CC(=O)C=C(C)O.COc1cc[c-]c(-c2ccc3cc(F)ccc3n2)c1.Cc1[c-]c(-c2ccc3cc(F)ccc3n2)cc(C)c1.Cc1c[c-]c(-c2ccc3cc(F)ccc3n2)cc1C.Cc1cc[c-]c(-c2ccc3cc(F)ccc3n2)c1.[Ir].[Ir].[Ir].[Ir]. The van der Waals surface area contributed by atoms with Gasteiger partial charge in [0.05, 0.1) is 52.2 Å². The van der Waals surface area contributed by atoms with E-state index in [0.29, 0.717) is 0 Å². The Balaban J connectivity index is 0.000000632. The van der Waals surface area contributed by atoms with Crippen LogP contribution in [0.15, 0.2) is 229 Å². The number of carbonyl (C=O) groups excluding carboxylic acids is 4. The van der Waals surface area contributed by atoms with Crippen molar-refractivity contribution in [2.24, 2.45) is 0 Å². The summed E-state index contributed by atoms with van der Waals surface area (Å²) in [6, 6.07) is 66.0. The number of carbonyl (C=O) groups is 4. The molecule has 13 nitrogen and oxygen atoms in total. The van der Waals surface area contributed by atoms with E-state index >= 15 is 0 Å². The number of allylic oxidation sites excluding steroid dienone is 8. The summed E-state index contributed by atoms with van der Waals surface area (Å²) in [6.07, 6.45) is 4.67. The van der Waals surface area contributed by atoms with Crippen LogP contribution in [-0.2, 0) is 99.6 Å². The van der Waals surface area contributed by atoms with E-state index in [4.69, 9.17) is 25.2 Å². The van der Waals surface area contributed by atoms with E-state index < -0.39 is 0 Å². The van der Waals surface area contributed by atoms with Crippen LogP contribution in [0.5, 0.6) is 5.75 Å². The third-order valence-electron chi connectivity index (χ3n) is 13.9. The van der Waals surface area contributed by atoms with Crippen molar-refractivity contribution in [3.63, 3.8) is 0 Å². The second-order valence-corrected chi connectivity index (χ2v) is 23.6. The zero-order chi connectivity index (χ0) is 76.0. The molecule has 4 aromatic heterocycles. The molecule has 0 saturated heterocycles. The number of hydrogen-bond acceptors (Lipinski definition) is 13. The van der Waals surface area contributed by atoms with Crippen LogP contribution in [0.25, 0.3) is 88.6 Å². The average molecular weight is 2160 g/mol. The Labute approximate surface area is 676 Å². The predicted molar refractivity (Wildman–Crippen MR) is 402 cm³/mol. The zero-order valence-corrected chi connectivity index (χ0v) is 70.7. The summed E-state index contributed by atoms with van der Waals surface area (Å²) in [5.41, 5.74) is 16.2. The van der Waals surface area contributed by atoms with Crippen LogP contribution >= 0.6 is 0 Å². The van der Waals surface area contributed by atoms with Gasteiger partial charge in [-0.15, -0.1) is 135 Å². The van der Waals surface area contributed by atoms with Gasteiger partial charge in [-0.3, -0.25) is 39.1 Å². The molecule has 566 valence electrons. The van der Waals surface area contributed by atoms with E-state index in [2.05, 4.69) is 83.2 Å². The maximum atomic E-state index is 13.1. The van der Waals surface area contributed by atoms with E-state index in [1.54, 1.807) is 37.4 Å². The molecule has 0 aliphatic heterocycles. The van der Waals surface area contributed by atoms with Gasteiger partial charge in [-0.25, -0.2) is 17.6 Å². The number of methoxy groups -OCH3 is 1. The molecule has 12 aromatic rings. The second kappa shape index (κ2) is 47.8. The number of aryl methyl sites for hydroxylation is 5. The van der Waals surface area contributed by atoms with Crippen molar-refractivity contribution in [2.75, 3.05) is 7.11 Å². The number of aliphatic hydroxyl groups excluding tert-OH is 4. The molecule has 0 spiro atoms. The van der Waals surface area contributed by atoms with Crippen molar-refractivity contribution < 1.29 is 142 Å². The first-order valence-corrected chi connectivity index (χ1v) is 32.1. The Morgan fingerprint density at radius 1 is 0.355 bits per heavy atom. The molecule has 0 aliphatic carbocycles. The molecule has 12 rings (SSSR count). The maximum absolute atomic E-state index is 13.1. The minimum atomic E-state index is -0.255. The summed E-state index contributed by atoms with van der Waals surface area (Å²) in [4.78, 5) is 58.2. The molecule has 4 N–H and O–H groups in total. The summed E-state index contributed by atoms with van der Waals surface area (Å²) >= 11 is 0. The first-order chi connectivity index (χ1) is 48.7. The van der Waals surface area contributed by atoms with E-state index in [1.165, 1.54) is 150 Å². The fourth-order valence-corrected chi connectivity index (χ4v) is 9.46. The summed E-state index contributed by atoms with van der Waals surface area (Å²) in [7, 11) is 1.62. The minimum Gasteiger partial charge on any atom is -0.516 e. The Hall–Kier alpha value is -9.64. The van der Waals surface area contributed by atoms with Crippen LogP contribution in [0.4, 0.5) is 17.6 Å². The number of benzene rings is 8. The fourth-order valence-electron chi connectivity index (χ4n) is 9.46. The molecule has 21 heteroatoms. The van der Waals surface area contributed by atoms with Gasteiger partial charge < -0.3 is 25.2 Å². The smallest absolute Gasteiger partial charge is 0.155 e. The van der Waals surface area contributed by atoms with Crippen LogP contribution in [0.3, 0.4) is 0 Å². The number of ether oxygens (including phenoxy) is 1. The van der Waals surface area contributed by atoms with Crippen LogP contribution in [0.1, 0.15) is 83.2 Å². The zero-order valence-electron chi connectivity index (χ0n) is 61.1. The Morgan fingerprint density at radius 3 is 0.953 bits per heavy atom. The number of rotatable bonds is 9. The molecule has 8 aromatic carbocycles. The van der Waals surface area contributed by atoms with Crippen molar-refractivity contribution in [3.05, 3.63) is 305 Å². The summed E-state index contributed by atoms with van der Waals surface area (Å²) in [5.74, 6) is -0.455. The number of aliphatic hydroxyl groups is 4. The fraction of sp³-hybridized carbons (Fsp3) is 0.163. The van der Waals surface area contributed by atoms with Crippen LogP contribution in [-0.4, -0.2) is 70.6 Å². The number of hydrogen-bond donors (Lipinski definition) is 4. The third kappa shape index (κ3) is 34.6.